The fraction of sp³-hybridized carbons (Fsp3) is 0.647. The van der Waals surface area contributed by atoms with E-state index in [1.54, 1.807) is 0 Å². The molecule has 1 aromatic rings. The van der Waals surface area contributed by atoms with Crippen molar-refractivity contribution in [3.8, 4) is 5.75 Å². The molecule has 0 aliphatic heterocycles. The van der Waals surface area contributed by atoms with Gasteiger partial charge in [0.25, 0.3) is 0 Å². The van der Waals surface area contributed by atoms with Gasteiger partial charge < -0.3 is 10.1 Å². The summed E-state index contributed by atoms with van der Waals surface area (Å²) in [4.78, 5) is 0. The lowest BCUT2D eigenvalue weighted by atomic mass is 9.89. The lowest BCUT2D eigenvalue weighted by Gasteiger charge is -2.25. The fourth-order valence-electron chi connectivity index (χ4n) is 2.97. The van der Waals surface area contributed by atoms with Gasteiger partial charge in [-0.1, -0.05) is 37.5 Å². The maximum absolute atomic E-state index is 5.71. The smallest absolute Gasteiger partial charge is 0.124 e. The molecule has 1 N–H and O–H groups in total. The van der Waals surface area contributed by atoms with E-state index in [9.17, 15) is 0 Å². The maximum atomic E-state index is 5.71. The summed E-state index contributed by atoms with van der Waals surface area (Å²) < 4.78 is 5.71. The first-order valence-corrected chi connectivity index (χ1v) is 7.76. The standard InChI is InChI=1S/C17H27NO/c1-3-19-17-12-8-7-11-16(17)14(2)18-13-15-9-5-4-6-10-15/h7-8,11-12,14-15,18H,3-6,9-10,13H2,1-2H3. The maximum Gasteiger partial charge on any atom is 0.124 e. The molecule has 1 aromatic carbocycles. The summed E-state index contributed by atoms with van der Waals surface area (Å²) in [6.07, 6.45) is 7.05. The van der Waals surface area contributed by atoms with E-state index < -0.39 is 0 Å². The summed E-state index contributed by atoms with van der Waals surface area (Å²) in [6, 6.07) is 8.74. The predicted molar refractivity (Wildman–Crippen MR) is 80.6 cm³/mol. The largest absolute Gasteiger partial charge is 0.494 e. The van der Waals surface area contributed by atoms with Crippen LogP contribution in [0.15, 0.2) is 24.3 Å². The number of hydrogen-bond donors (Lipinski definition) is 1. The number of ether oxygens (including phenoxy) is 1. The Morgan fingerprint density at radius 1 is 1.21 bits per heavy atom. The van der Waals surface area contributed by atoms with Crippen LogP contribution in [0.5, 0.6) is 5.75 Å². The second kappa shape index (κ2) is 7.54. The first-order valence-electron chi connectivity index (χ1n) is 7.76. The average Bonchev–Trinajstić information content (AvgIpc) is 2.47. The zero-order chi connectivity index (χ0) is 13.5. The molecule has 0 saturated heterocycles. The van der Waals surface area contributed by atoms with Gasteiger partial charge in [-0.3, -0.25) is 0 Å². The minimum absolute atomic E-state index is 0.365. The van der Waals surface area contributed by atoms with Gasteiger partial charge in [0.1, 0.15) is 5.75 Å². The van der Waals surface area contributed by atoms with Gasteiger partial charge in [-0.25, -0.2) is 0 Å². The third-order valence-electron chi connectivity index (χ3n) is 4.12. The summed E-state index contributed by atoms with van der Waals surface area (Å²) in [5.74, 6) is 1.89. The van der Waals surface area contributed by atoms with Gasteiger partial charge in [-0.15, -0.1) is 0 Å². The number of para-hydroxylation sites is 1. The Hall–Kier alpha value is -1.02. The molecule has 1 fully saturated rings. The Bertz CT molecular complexity index is 371. The van der Waals surface area contributed by atoms with Crippen LogP contribution < -0.4 is 10.1 Å². The molecule has 0 aromatic heterocycles. The molecule has 1 aliphatic rings. The van der Waals surface area contributed by atoms with Crippen LogP contribution in [0.1, 0.15) is 57.6 Å². The first kappa shape index (κ1) is 14.4. The topological polar surface area (TPSA) is 21.3 Å². The Balaban J connectivity index is 1.89. The number of benzene rings is 1. The van der Waals surface area contributed by atoms with Crippen LogP contribution in [0, 0.1) is 5.92 Å². The van der Waals surface area contributed by atoms with Crippen molar-refractivity contribution in [2.45, 2.75) is 52.0 Å². The van der Waals surface area contributed by atoms with E-state index in [1.807, 2.05) is 13.0 Å². The van der Waals surface area contributed by atoms with Crippen molar-refractivity contribution in [1.82, 2.24) is 5.32 Å². The Labute approximate surface area is 117 Å². The number of rotatable bonds is 6. The van der Waals surface area contributed by atoms with Crippen LogP contribution in [0.2, 0.25) is 0 Å². The molecular weight excluding hydrogens is 234 g/mol. The molecule has 0 heterocycles. The summed E-state index contributed by atoms with van der Waals surface area (Å²) >= 11 is 0. The van der Waals surface area contributed by atoms with E-state index in [4.69, 9.17) is 4.74 Å². The highest BCUT2D eigenvalue weighted by molar-refractivity contribution is 5.35. The van der Waals surface area contributed by atoms with Crippen molar-refractivity contribution in [2.75, 3.05) is 13.2 Å². The molecule has 2 rings (SSSR count). The number of nitrogens with one attached hydrogen (secondary N) is 1. The van der Waals surface area contributed by atoms with E-state index in [0.717, 1.165) is 24.8 Å². The molecule has 1 aliphatic carbocycles. The van der Waals surface area contributed by atoms with Gasteiger partial charge >= 0.3 is 0 Å². The SMILES string of the molecule is CCOc1ccccc1C(C)NCC1CCCCC1. The lowest BCUT2D eigenvalue weighted by Crippen LogP contribution is -2.27. The van der Waals surface area contributed by atoms with Gasteiger partial charge in [-0.05, 0) is 45.2 Å². The van der Waals surface area contributed by atoms with Crippen molar-refractivity contribution in [3.63, 3.8) is 0 Å². The molecule has 0 spiro atoms. The summed E-state index contributed by atoms with van der Waals surface area (Å²) in [7, 11) is 0. The van der Waals surface area contributed by atoms with E-state index in [2.05, 4.69) is 30.4 Å². The monoisotopic (exact) mass is 261 g/mol. The highest BCUT2D eigenvalue weighted by Crippen LogP contribution is 2.27. The highest BCUT2D eigenvalue weighted by atomic mass is 16.5. The predicted octanol–water partition coefficient (Wildman–Crippen LogP) is 4.32. The van der Waals surface area contributed by atoms with Crippen molar-refractivity contribution in [2.24, 2.45) is 5.92 Å². The molecule has 1 atom stereocenters. The molecule has 2 nitrogen and oxygen atoms in total. The molecule has 0 amide bonds. The number of hydrogen-bond acceptors (Lipinski definition) is 2. The van der Waals surface area contributed by atoms with Gasteiger partial charge in [0.15, 0.2) is 0 Å². The van der Waals surface area contributed by atoms with E-state index in [0.29, 0.717) is 6.04 Å². The second-order valence-corrected chi connectivity index (χ2v) is 5.60. The van der Waals surface area contributed by atoms with Gasteiger partial charge in [-0.2, -0.15) is 0 Å². The lowest BCUT2D eigenvalue weighted by molar-refractivity contribution is 0.318. The Morgan fingerprint density at radius 3 is 2.68 bits per heavy atom. The summed E-state index contributed by atoms with van der Waals surface area (Å²) in [6.45, 7) is 6.14. The molecule has 1 unspecified atom stereocenters. The summed E-state index contributed by atoms with van der Waals surface area (Å²) in [5, 5.41) is 3.69. The molecule has 0 radical (unpaired) electrons. The zero-order valence-corrected chi connectivity index (χ0v) is 12.3. The van der Waals surface area contributed by atoms with Crippen LogP contribution in [0.3, 0.4) is 0 Å². The van der Waals surface area contributed by atoms with Gasteiger partial charge in [0.05, 0.1) is 6.61 Å². The Morgan fingerprint density at radius 2 is 1.95 bits per heavy atom. The third kappa shape index (κ3) is 4.24. The van der Waals surface area contributed by atoms with Crippen LogP contribution >= 0.6 is 0 Å². The fourth-order valence-corrected chi connectivity index (χ4v) is 2.97. The molecule has 0 bridgehead atoms. The van der Waals surface area contributed by atoms with E-state index >= 15 is 0 Å². The van der Waals surface area contributed by atoms with Crippen LogP contribution in [0.4, 0.5) is 0 Å². The second-order valence-electron chi connectivity index (χ2n) is 5.60. The van der Waals surface area contributed by atoms with E-state index in [1.165, 1.54) is 37.7 Å². The normalized spacial score (nSPS) is 18.2. The molecular formula is C17H27NO. The van der Waals surface area contributed by atoms with Crippen LogP contribution in [0.25, 0.3) is 0 Å². The quantitative estimate of drug-likeness (QED) is 0.823. The first-order chi connectivity index (χ1) is 9.31. The van der Waals surface area contributed by atoms with Crippen molar-refractivity contribution in [1.29, 1.82) is 0 Å². The Kier molecular flexibility index (Phi) is 5.71. The highest BCUT2D eigenvalue weighted by Gasteiger charge is 2.16. The van der Waals surface area contributed by atoms with Crippen LogP contribution in [-0.4, -0.2) is 13.2 Å². The molecule has 106 valence electrons. The van der Waals surface area contributed by atoms with Crippen LogP contribution in [-0.2, 0) is 0 Å². The van der Waals surface area contributed by atoms with Gasteiger partial charge in [0, 0.05) is 11.6 Å². The minimum atomic E-state index is 0.365. The van der Waals surface area contributed by atoms with Crippen molar-refractivity contribution in [3.05, 3.63) is 29.8 Å². The molecule has 2 heteroatoms. The summed E-state index contributed by atoms with van der Waals surface area (Å²) in [5.41, 5.74) is 1.28. The third-order valence-corrected chi connectivity index (χ3v) is 4.12. The average molecular weight is 261 g/mol. The van der Waals surface area contributed by atoms with Crippen molar-refractivity contribution < 1.29 is 4.74 Å². The van der Waals surface area contributed by atoms with Gasteiger partial charge in [0.2, 0.25) is 0 Å². The molecule has 19 heavy (non-hydrogen) atoms. The van der Waals surface area contributed by atoms with Crippen molar-refractivity contribution >= 4 is 0 Å². The minimum Gasteiger partial charge on any atom is -0.494 e. The zero-order valence-electron chi connectivity index (χ0n) is 12.3. The van der Waals surface area contributed by atoms with E-state index in [-0.39, 0.29) is 0 Å². The molecule has 1 saturated carbocycles.